The Labute approximate surface area is 228 Å². The second-order valence-electron chi connectivity index (χ2n) is 10.1. The van der Waals surface area contributed by atoms with Gasteiger partial charge in [0.2, 0.25) is 5.91 Å². The molecule has 40 heavy (non-hydrogen) atoms. The van der Waals surface area contributed by atoms with E-state index in [0.717, 1.165) is 42.3 Å². The van der Waals surface area contributed by atoms with Gasteiger partial charge in [0.25, 0.3) is 0 Å². The number of amides is 1. The molecule has 1 aliphatic rings. The first-order valence-electron chi connectivity index (χ1n) is 13.3. The van der Waals surface area contributed by atoms with Gasteiger partial charge in [-0.05, 0) is 48.7 Å². The lowest BCUT2D eigenvalue weighted by Crippen LogP contribution is -2.24. The van der Waals surface area contributed by atoms with E-state index in [-0.39, 0.29) is 17.3 Å². The molecule has 0 atom stereocenters. The van der Waals surface area contributed by atoms with Crippen molar-refractivity contribution in [3.63, 3.8) is 0 Å². The van der Waals surface area contributed by atoms with Crippen molar-refractivity contribution in [2.75, 3.05) is 5.32 Å². The van der Waals surface area contributed by atoms with E-state index in [0.29, 0.717) is 39.4 Å². The molecule has 9 nitrogen and oxygen atoms in total. The van der Waals surface area contributed by atoms with Gasteiger partial charge in [0.1, 0.15) is 11.2 Å². The number of rotatable bonds is 5. The number of pyridine rings is 3. The third kappa shape index (κ3) is 4.37. The second-order valence-corrected chi connectivity index (χ2v) is 10.1. The number of aromatic nitrogens is 7. The monoisotopic (exact) mass is 532 g/mol. The lowest BCUT2D eigenvalue weighted by atomic mass is 9.88. The third-order valence-electron chi connectivity index (χ3n) is 7.53. The summed E-state index contributed by atoms with van der Waals surface area (Å²) in [4.78, 5) is 33.7. The van der Waals surface area contributed by atoms with Gasteiger partial charge in [-0.25, -0.2) is 14.4 Å². The highest BCUT2D eigenvalue weighted by molar-refractivity contribution is 5.98. The van der Waals surface area contributed by atoms with Crippen molar-refractivity contribution in [3.8, 4) is 33.8 Å². The van der Waals surface area contributed by atoms with Gasteiger partial charge in [-0.1, -0.05) is 25.3 Å². The molecule has 0 spiro atoms. The van der Waals surface area contributed by atoms with Crippen LogP contribution in [0.2, 0.25) is 0 Å². The minimum Gasteiger partial charge on any atom is -0.335 e. The van der Waals surface area contributed by atoms with Crippen LogP contribution in [-0.4, -0.2) is 41.0 Å². The van der Waals surface area contributed by atoms with Crippen molar-refractivity contribution >= 4 is 33.7 Å². The molecule has 0 unspecified atom stereocenters. The molecule has 1 fully saturated rings. The molecule has 0 aliphatic heterocycles. The van der Waals surface area contributed by atoms with E-state index < -0.39 is 5.82 Å². The number of aromatic amines is 2. The smallest absolute Gasteiger partial charge is 0.227 e. The summed E-state index contributed by atoms with van der Waals surface area (Å²) in [6.07, 6.45) is 13.6. The van der Waals surface area contributed by atoms with Crippen LogP contribution in [0.5, 0.6) is 0 Å². The number of anilines is 1. The standard InChI is InChI=1S/C30H25FN8O/c31-24-13-19(20-11-21(16-33-15-20)35-30(40)17-5-2-1-3-6-17)12-23-25(24)38-39-27(23)29-36-26-22(8-10-34-28(26)37-29)18-7-4-9-32-14-18/h4,7-17H,1-3,5-6H2,(H,35,40)(H,38,39)(H,34,36,37). The fraction of sp³-hybridized carbons (Fsp3) is 0.200. The fourth-order valence-corrected chi connectivity index (χ4v) is 5.49. The maximum Gasteiger partial charge on any atom is 0.227 e. The highest BCUT2D eigenvalue weighted by Gasteiger charge is 2.22. The molecule has 5 heterocycles. The summed E-state index contributed by atoms with van der Waals surface area (Å²) in [5.74, 6) is 0.0552. The third-order valence-corrected chi connectivity index (χ3v) is 7.53. The van der Waals surface area contributed by atoms with Crippen molar-refractivity contribution in [2.24, 2.45) is 5.92 Å². The van der Waals surface area contributed by atoms with E-state index in [1.165, 1.54) is 12.5 Å². The molecular formula is C30H25FN8O. The highest BCUT2D eigenvalue weighted by atomic mass is 19.1. The normalized spacial score (nSPS) is 14.1. The van der Waals surface area contributed by atoms with Gasteiger partial charge in [0.05, 0.1) is 17.4 Å². The second kappa shape index (κ2) is 9.96. The van der Waals surface area contributed by atoms with Crippen LogP contribution >= 0.6 is 0 Å². The van der Waals surface area contributed by atoms with Crippen molar-refractivity contribution in [2.45, 2.75) is 32.1 Å². The van der Waals surface area contributed by atoms with Gasteiger partial charge in [-0.2, -0.15) is 5.10 Å². The Morgan fingerprint density at radius 3 is 2.67 bits per heavy atom. The lowest BCUT2D eigenvalue weighted by molar-refractivity contribution is -0.120. The molecule has 6 aromatic rings. The van der Waals surface area contributed by atoms with Crippen molar-refractivity contribution in [1.29, 1.82) is 0 Å². The van der Waals surface area contributed by atoms with E-state index >= 15 is 4.39 Å². The number of nitrogens with one attached hydrogen (secondary N) is 3. The molecular weight excluding hydrogens is 507 g/mol. The van der Waals surface area contributed by atoms with E-state index in [2.05, 4.69) is 40.4 Å². The number of halogens is 1. The first-order valence-corrected chi connectivity index (χ1v) is 13.3. The van der Waals surface area contributed by atoms with Crippen LogP contribution in [0.4, 0.5) is 10.1 Å². The molecule has 7 rings (SSSR count). The van der Waals surface area contributed by atoms with E-state index in [9.17, 15) is 4.79 Å². The average molecular weight is 533 g/mol. The zero-order chi connectivity index (χ0) is 27.1. The highest BCUT2D eigenvalue weighted by Crippen LogP contribution is 2.34. The van der Waals surface area contributed by atoms with Gasteiger partial charge in [0, 0.05) is 52.8 Å². The van der Waals surface area contributed by atoms with Crippen molar-refractivity contribution < 1.29 is 9.18 Å². The summed E-state index contributed by atoms with van der Waals surface area (Å²) >= 11 is 0. The molecule has 5 aromatic heterocycles. The Balaban J connectivity index is 1.25. The quantitative estimate of drug-likeness (QED) is 0.240. The van der Waals surface area contributed by atoms with Gasteiger partial charge < -0.3 is 10.3 Å². The molecule has 1 aliphatic carbocycles. The number of benzene rings is 1. The molecule has 0 bridgehead atoms. The molecule has 198 valence electrons. The summed E-state index contributed by atoms with van der Waals surface area (Å²) in [5, 5.41) is 10.7. The minimum atomic E-state index is -0.475. The van der Waals surface area contributed by atoms with Gasteiger partial charge >= 0.3 is 0 Å². The number of hydrogen-bond donors (Lipinski definition) is 3. The molecule has 3 N–H and O–H groups in total. The van der Waals surface area contributed by atoms with Crippen LogP contribution in [0.15, 0.2) is 67.4 Å². The Morgan fingerprint density at radius 1 is 0.950 bits per heavy atom. The molecule has 0 saturated heterocycles. The van der Waals surface area contributed by atoms with Gasteiger partial charge in [0.15, 0.2) is 17.3 Å². The molecule has 1 amide bonds. The minimum absolute atomic E-state index is 0.0153. The number of nitrogens with zero attached hydrogens (tertiary/aromatic N) is 5. The predicted molar refractivity (Wildman–Crippen MR) is 151 cm³/mol. The van der Waals surface area contributed by atoms with E-state index in [1.54, 1.807) is 31.0 Å². The summed E-state index contributed by atoms with van der Waals surface area (Å²) in [7, 11) is 0. The first kappa shape index (κ1) is 24.1. The number of imidazole rings is 1. The molecule has 1 saturated carbocycles. The average Bonchev–Trinajstić information content (AvgIpc) is 3.63. The number of fused-ring (bicyclic) bond motifs is 2. The topological polar surface area (TPSA) is 125 Å². The number of H-pyrrole nitrogens is 2. The number of carbonyl (C=O) groups is 1. The van der Waals surface area contributed by atoms with Crippen LogP contribution in [0.25, 0.3) is 55.8 Å². The summed E-state index contributed by atoms with van der Waals surface area (Å²) in [5.41, 5.74) is 5.74. The van der Waals surface area contributed by atoms with Gasteiger partial charge in [-0.3, -0.25) is 19.9 Å². The Bertz CT molecular complexity index is 1860. The number of hydrogen-bond acceptors (Lipinski definition) is 6. The Kier molecular flexibility index (Phi) is 5.99. The molecule has 10 heteroatoms. The van der Waals surface area contributed by atoms with Crippen molar-refractivity contribution in [1.82, 2.24) is 35.1 Å². The number of carbonyl (C=O) groups excluding carboxylic acids is 1. The zero-order valence-electron chi connectivity index (χ0n) is 21.5. The predicted octanol–water partition coefficient (Wildman–Crippen LogP) is 6.28. The summed E-state index contributed by atoms with van der Waals surface area (Å²) in [6.45, 7) is 0. The van der Waals surface area contributed by atoms with Crippen LogP contribution in [0, 0.1) is 11.7 Å². The zero-order valence-corrected chi connectivity index (χ0v) is 21.5. The summed E-state index contributed by atoms with van der Waals surface area (Å²) in [6, 6.07) is 10.8. The Morgan fingerprint density at radius 2 is 1.82 bits per heavy atom. The molecule has 0 radical (unpaired) electrons. The van der Waals surface area contributed by atoms with E-state index in [4.69, 9.17) is 0 Å². The Hall–Kier alpha value is -4.99. The largest absolute Gasteiger partial charge is 0.335 e. The van der Waals surface area contributed by atoms with E-state index in [1.807, 2.05) is 30.3 Å². The van der Waals surface area contributed by atoms with Crippen LogP contribution in [0.1, 0.15) is 32.1 Å². The van der Waals surface area contributed by atoms with Gasteiger partial charge in [-0.15, -0.1) is 0 Å². The molecule has 1 aromatic carbocycles. The fourth-order valence-electron chi connectivity index (χ4n) is 5.49. The van der Waals surface area contributed by atoms with Crippen LogP contribution in [-0.2, 0) is 4.79 Å². The maximum absolute atomic E-state index is 15.3. The van der Waals surface area contributed by atoms with Crippen molar-refractivity contribution in [3.05, 3.63) is 73.2 Å². The van der Waals surface area contributed by atoms with Crippen LogP contribution in [0.3, 0.4) is 0 Å². The SMILES string of the molecule is O=C(Nc1cncc(-c2cc(F)c3n[nH]c(-c4nc5nccc(-c6cccnc6)c5[nH]4)c3c2)c1)C1CCCCC1. The summed E-state index contributed by atoms with van der Waals surface area (Å²) < 4.78 is 15.3. The lowest BCUT2D eigenvalue weighted by Gasteiger charge is -2.20. The maximum atomic E-state index is 15.3. The first-order chi connectivity index (χ1) is 19.6. The van der Waals surface area contributed by atoms with Crippen LogP contribution < -0.4 is 5.32 Å².